The monoisotopic (exact) mass is 239 g/mol. The molecule has 0 amide bonds. The Balaban J connectivity index is 2.54. The Labute approximate surface area is 95.1 Å². The van der Waals surface area contributed by atoms with Crippen LogP contribution in [0.3, 0.4) is 0 Å². The van der Waals surface area contributed by atoms with E-state index in [9.17, 15) is 13.2 Å². The average Bonchev–Trinajstić information content (AvgIpc) is 2.28. The van der Waals surface area contributed by atoms with Crippen molar-refractivity contribution in [3.8, 4) is 11.4 Å². The number of pyridine rings is 2. The van der Waals surface area contributed by atoms with Gasteiger partial charge in [-0.2, -0.15) is 13.2 Å². The van der Waals surface area contributed by atoms with E-state index < -0.39 is 11.7 Å². The summed E-state index contributed by atoms with van der Waals surface area (Å²) in [5.41, 5.74) is 4.99. The highest BCUT2D eigenvalue weighted by Crippen LogP contribution is 2.32. The van der Waals surface area contributed by atoms with E-state index in [1.165, 1.54) is 6.20 Å². The third kappa shape index (κ3) is 2.52. The molecule has 0 atom stereocenters. The van der Waals surface area contributed by atoms with Gasteiger partial charge in [-0.25, -0.2) is 4.98 Å². The molecule has 0 fully saturated rings. The molecule has 6 heteroatoms. The molecule has 88 valence electrons. The number of hydrogen-bond donors (Lipinski definition) is 1. The molecular weight excluding hydrogens is 231 g/mol. The molecule has 2 aromatic heterocycles. The van der Waals surface area contributed by atoms with Crippen molar-refractivity contribution >= 4 is 5.82 Å². The Morgan fingerprint density at radius 3 is 2.41 bits per heavy atom. The number of nitrogens with zero attached hydrogens (tertiary/aromatic N) is 2. The summed E-state index contributed by atoms with van der Waals surface area (Å²) in [6.07, 6.45) is -2.96. The average molecular weight is 239 g/mol. The van der Waals surface area contributed by atoms with E-state index in [0.29, 0.717) is 5.69 Å². The number of aromatic nitrogens is 2. The summed E-state index contributed by atoms with van der Waals surface area (Å²) in [7, 11) is 0. The lowest BCUT2D eigenvalue weighted by Gasteiger charge is -2.09. The van der Waals surface area contributed by atoms with Crippen LogP contribution in [0.25, 0.3) is 11.4 Å². The van der Waals surface area contributed by atoms with E-state index in [1.54, 1.807) is 18.2 Å². The second-order valence-electron chi connectivity index (χ2n) is 3.38. The second kappa shape index (κ2) is 4.04. The van der Waals surface area contributed by atoms with E-state index in [1.807, 2.05) is 0 Å². The molecule has 17 heavy (non-hydrogen) atoms. The lowest BCUT2D eigenvalue weighted by Crippen LogP contribution is -2.07. The molecule has 2 rings (SSSR count). The van der Waals surface area contributed by atoms with Crippen molar-refractivity contribution in [2.75, 3.05) is 5.73 Å². The van der Waals surface area contributed by atoms with E-state index >= 15 is 0 Å². The number of nitrogens with two attached hydrogens (primary N) is 1. The summed E-state index contributed by atoms with van der Waals surface area (Å²) in [6, 6.07) is 6.63. The molecule has 0 unspecified atom stereocenters. The maximum atomic E-state index is 12.6. The van der Waals surface area contributed by atoms with Crippen molar-refractivity contribution in [2.24, 2.45) is 0 Å². The second-order valence-corrected chi connectivity index (χ2v) is 3.38. The summed E-state index contributed by atoms with van der Waals surface area (Å²) in [5, 5.41) is 0. The first kappa shape index (κ1) is 11.4. The Kier molecular flexibility index (Phi) is 2.71. The number of nitrogen functional groups attached to an aromatic ring is 1. The van der Waals surface area contributed by atoms with Crippen LogP contribution in [0.4, 0.5) is 19.0 Å². The SMILES string of the molecule is Nc1cc(C(F)(F)F)cc(-c2ccccn2)n1. The Bertz CT molecular complexity index is 523. The first-order valence-electron chi connectivity index (χ1n) is 4.73. The van der Waals surface area contributed by atoms with Gasteiger partial charge in [0.1, 0.15) is 5.82 Å². The van der Waals surface area contributed by atoms with Crippen molar-refractivity contribution in [1.82, 2.24) is 9.97 Å². The fourth-order valence-electron chi connectivity index (χ4n) is 1.36. The number of rotatable bonds is 1. The summed E-state index contributed by atoms with van der Waals surface area (Å²) >= 11 is 0. The van der Waals surface area contributed by atoms with Crippen LogP contribution in [0, 0.1) is 0 Å². The third-order valence-electron chi connectivity index (χ3n) is 2.10. The fourth-order valence-corrected chi connectivity index (χ4v) is 1.36. The van der Waals surface area contributed by atoms with Crippen molar-refractivity contribution < 1.29 is 13.2 Å². The highest BCUT2D eigenvalue weighted by atomic mass is 19.4. The van der Waals surface area contributed by atoms with Crippen LogP contribution in [0.2, 0.25) is 0 Å². The highest BCUT2D eigenvalue weighted by Gasteiger charge is 2.31. The fraction of sp³-hybridized carbons (Fsp3) is 0.0909. The number of hydrogen-bond acceptors (Lipinski definition) is 3. The van der Waals surface area contributed by atoms with Gasteiger partial charge in [-0.05, 0) is 24.3 Å². The Morgan fingerprint density at radius 2 is 1.82 bits per heavy atom. The predicted octanol–water partition coefficient (Wildman–Crippen LogP) is 2.74. The molecule has 0 aliphatic carbocycles. The van der Waals surface area contributed by atoms with Crippen LogP contribution in [-0.4, -0.2) is 9.97 Å². The standard InChI is InChI=1S/C11H8F3N3/c12-11(13,14)7-5-9(17-10(15)6-7)8-3-1-2-4-16-8/h1-6H,(H2,15,17). The molecule has 0 aliphatic rings. The van der Waals surface area contributed by atoms with E-state index in [-0.39, 0.29) is 11.5 Å². The number of alkyl halides is 3. The zero-order chi connectivity index (χ0) is 12.5. The Hall–Kier alpha value is -2.11. The molecule has 3 nitrogen and oxygen atoms in total. The quantitative estimate of drug-likeness (QED) is 0.832. The maximum Gasteiger partial charge on any atom is 0.416 e. The number of halogens is 3. The van der Waals surface area contributed by atoms with Gasteiger partial charge in [-0.3, -0.25) is 4.98 Å². The summed E-state index contributed by atoms with van der Waals surface area (Å²) in [4.78, 5) is 7.76. The van der Waals surface area contributed by atoms with Crippen LogP contribution in [-0.2, 0) is 6.18 Å². The van der Waals surface area contributed by atoms with Crippen LogP contribution < -0.4 is 5.73 Å². The molecule has 2 N–H and O–H groups in total. The van der Waals surface area contributed by atoms with Crippen molar-refractivity contribution in [3.63, 3.8) is 0 Å². The highest BCUT2D eigenvalue weighted by molar-refractivity contribution is 5.58. The minimum Gasteiger partial charge on any atom is -0.384 e. The van der Waals surface area contributed by atoms with Gasteiger partial charge in [0.05, 0.1) is 17.0 Å². The molecule has 2 aromatic rings. The van der Waals surface area contributed by atoms with Gasteiger partial charge in [0, 0.05) is 6.20 Å². The maximum absolute atomic E-state index is 12.6. The molecule has 0 radical (unpaired) electrons. The van der Waals surface area contributed by atoms with Gasteiger partial charge in [-0.1, -0.05) is 6.07 Å². The van der Waals surface area contributed by atoms with Gasteiger partial charge in [-0.15, -0.1) is 0 Å². The van der Waals surface area contributed by atoms with Crippen molar-refractivity contribution in [2.45, 2.75) is 6.18 Å². The van der Waals surface area contributed by atoms with E-state index in [2.05, 4.69) is 9.97 Å². The van der Waals surface area contributed by atoms with Crippen molar-refractivity contribution in [1.29, 1.82) is 0 Å². The molecule has 0 bridgehead atoms. The molecular formula is C11H8F3N3. The number of anilines is 1. The predicted molar refractivity (Wildman–Crippen MR) is 56.9 cm³/mol. The normalized spacial score (nSPS) is 11.5. The lowest BCUT2D eigenvalue weighted by atomic mass is 10.1. The Morgan fingerprint density at radius 1 is 1.06 bits per heavy atom. The van der Waals surface area contributed by atoms with Crippen LogP contribution in [0.1, 0.15) is 5.56 Å². The van der Waals surface area contributed by atoms with Gasteiger partial charge in [0.15, 0.2) is 0 Å². The first-order chi connectivity index (χ1) is 7.97. The zero-order valence-electron chi connectivity index (χ0n) is 8.57. The first-order valence-corrected chi connectivity index (χ1v) is 4.73. The molecule has 0 saturated heterocycles. The smallest absolute Gasteiger partial charge is 0.384 e. The minimum absolute atomic E-state index is 0.109. The van der Waals surface area contributed by atoms with Crippen LogP contribution in [0.5, 0.6) is 0 Å². The molecule has 2 heterocycles. The van der Waals surface area contributed by atoms with E-state index in [4.69, 9.17) is 5.73 Å². The molecule has 0 saturated carbocycles. The van der Waals surface area contributed by atoms with Crippen LogP contribution in [0.15, 0.2) is 36.5 Å². The molecule has 0 spiro atoms. The zero-order valence-corrected chi connectivity index (χ0v) is 8.57. The molecule has 0 aromatic carbocycles. The summed E-state index contributed by atoms with van der Waals surface area (Å²) in [6.45, 7) is 0. The topological polar surface area (TPSA) is 51.8 Å². The molecule has 0 aliphatic heterocycles. The summed E-state index contributed by atoms with van der Waals surface area (Å²) < 4.78 is 37.7. The minimum atomic E-state index is -4.44. The largest absolute Gasteiger partial charge is 0.416 e. The van der Waals surface area contributed by atoms with Gasteiger partial charge >= 0.3 is 6.18 Å². The van der Waals surface area contributed by atoms with E-state index in [0.717, 1.165) is 12.1 Å². The third-order valence-corrected chi connectivity index (χ3v) is 2.10. The van der Waals surface area contributed by atoms with Gasteiger partial charge < -0.3 is 5.73 Å². The van der Waals surface area contributed by atoms with Gasteiger partial charge in [0.25, 0.3) is 0 Å². The van der Waals surface area contributed by atoms with Crippen molar-refractivity contribution in [3.05, 3.63) is 42.1 Å². The van der Waals surface area contributed by atoms with Crippen LogP contribution >= 0.6 is 0 Å². The lowest BCUT2D eigenvalue weighted by molar-refractivity contribution is -0.137. The van der Waals surface area contributed by atoms with Gasteiger partial charge in [0.2, 0.25) is 0 Å². The summed E-state index contributed by atoms with van der Waals surface area (Å²) in [5.74, 6) is -0.180.